The van der Waals surface area contributed by atoms with Gasteiger partial charge in [-0.05, 0) is 60.8 Å². The Morgan fingerprint density at radius 3 is 1.74 bits per heavy atom. The first-order chi connectivity index (χ1) is 35.1. The second-order valence-corrected chi connectivity index (χ2v) is 16.3. The van der Waals surface area contributed by atoms with E-state index in [4.69, 9.17) is 24.8 Å². The second-order valence-electron chi connectivity index (χ2n) is 16.3. The quantitative estimate of drug-likeness (QED) is 0.0135. The lowest BCUT2D eigenvalue weighted by atomic mass is 9.98. The van der Waals surface area contributed by atoms with Crippen molar-refractivity contribution in [2.24, 2.45) is 5.73 Å². The number of nitrogens with zero attached hydrogens (tertiary/aromatic N) is 2. The van der Waals surface area contributed by atoms with Crippen LogP contribution in [0.3, 0.4) is 0 Å². The molecular weight excluding hydrogens is 1090 g/mol. The molecule has 0 unspecified atom stereocenters. The van der Waals surface area contributed by atoms with Crippen LogP contribution in [0, 0.1) is 0 Å². The van der Waals surface area contributed by atoms with Crippen LogP contribution in [0.2, 0.25) is 0 Å². The lowest BCUT2D eigenvalue weighted by Crippen LogP contribution is -3.00. The zero-order chi connectivity index (χ0) is 52.7. The summed E-state index contributed by atoms with van der Waals surface area (Å²) in [7, 11) is 0. The molecule has 9 N–H and O–H groups in total. The minimum absolute atomic E-state index is 0. The molecule has 1 saturated heterocycles. The van der Waals surface area contributed by atoms with E-state index >= 15 is 0 Å². The molecule has 28 heteroatoms. The first-order valence-corrected chi connectivity index (χ1v) is 23.2. The summed E-state index contributed by atoms with van der Waals surface area (Å²) in [5, 5.41) is 14.9. The number of unbranched alkanes of at least 4 members (excludes halogenated alkanes) is 2. The zero-order valence-corrected chi connectivity index (χ0v) is 42.0. The third-order valence-electron chi connectivity index (χ3n) is 11.0. The third kappa shape index (κ3) is 18.6. The molecule has 0 radical (unpaired) electrons. The number of rotatable bonds is 28. The summed E-state index contributed by atoms with van der Waals surface area (Å²) in [6, 6.07) is 13.2. The van der Waals surface area contributed by atoms with E-state index in [2.05, 4.69) is 42.2 Å². The molecule has 0 spiro atoms. The number of carbonyl (C=O) groups is 12. The van der Waals surface area contributed by atoms with E-state index in [1.54, 1.807) is 0 Å². The number of alkyl carbamates (subject to hydrolysis) is 2. The standard InChI is InChI=1S/C46H56N10O17.HI/c47-41(63)33(13-5-7-19-48-35(57)25-55-37(59)15-16-38(55)60)52-42(64)34(53-45(67)70-24-21-50-43(65)69-23-22-51-44(66)73-56-39(61)17-18-40(56)62)14-6-8-20-49-36(58)27-72-54-46(68)71-26-32-30-11-3-1-9-28(30)29-10-2-4-12-31(29)32;/h1-4,9-12,15-16,32-34H,5-8,13-14,17-27H2,(H2,47,63)(H,48,57)(H,49,58)(H,50,65)(H,51,66)(H,52,64)(H,53,67)(H,54,68);1H/p-1/t33-,34-;/m0./s1. The molecule has 2 aliphatic heterocycles. The van der Waals surface area contributed by atoms with E-state index in [-0.39, 0.29) is 114 Å². The van der Waals surface area contributed by atoms with E-state index in [0.717, 1.165) is 39.3 Å². The molecule has 3 aliphatic rings. The lowest BCUT2D eigenvalue weighted by Gasteiger charge is -2.22. The molecule has 74 heavy (non-hydrogen) atoms. The van der Waals surface area contributed by atoms with Gasteiger partial charge in [0.2, 0.25) is 23.6 Å². The number of carbonyl (C=O) groups excluding carboxylic acids is 12. The maximum Gasteiger partial charge on any atom is 0.432 e. The van der Waals surface area contributed by atoms with Gasteiger partial charge in [-0.15, -0.1) is 5.06 Å². The first kappa shape index (κ1) is 58.7. The van der Waals surface area contributed by atoms with Crippen LogP contribution in [-0.4, -0.2) is 153 Å². The van der Waals surface area contributed by atoms with Crippen LogP contribution in [0.4, 0.5) is 19.2 Å². The molecule has 1 aliphatic carbocycles. The van der Waals surface area contributed by atoms with Crippen molar-refractivity contribution >= 4 is 71.6 Å². The van der Waals surface area contributed by atoms with Crippen molar-refractivity contribution in [1.29, 1.82) is 0 Å². The number of nitrogens with one attached hydrogen (secondary N) is 7. The van der Waals surface area contributed by atoms with Gasteiger partial charge in [0, 0.05) is 44.0 Å². The molecule has 2 aromatic rings. The highest BCUT2D eigenvalue weighted by Gasteiger charge is 2.33. The summed E-state index contributed by atoms with van der Waals surface area (Å²) >= 11 is 0. The highest BCUT2D eigenvalue weighted by Crippen LogP contribution is 2.44. The number of benzene rings is 2. The Labute approximate surface area is 439 Å². The minimum atomic E-state index is -1.29. The molecule has 2 atom stereocenters. The SMILES string of the molecule is NC(=O)[C@H](CCCCNC(=O)CN1C(=O)C=CC1=O)NC(=O)[C@H](CCCCNC(=O)CONC(=O)OCC1c2ccccc2-c2ccccc21)NC(=O)OCCNC(=O)OCCNC(=O)ON1C(=O)CCC1=O.[I-]. The highest BCUT2D eigenvalue weighted by atomic mass is 127. The summed E-state index contributed by atoms with van der Waals surface area (Å²) in [6.45, 7) is -2.00. The van der Waals surface area contributed by atoms with Crippen LogP contribution in [0.1, 0.15) is 68.4 Å². The fourth-order valence-electron chi connectivity index (χ4n) is 7.46. The number of hydrogen-bond donors (Lipinski definition) is 8. The molecule has 12 amide bonds. The van der Waals surface area contributed by atoms with Crippen LogP contribution in [0.5, 0.6) is 0 Å². The fourth-order valence-corrected chi connectivity index (χ4v) is 7.46. The number of primary amides is 1. The Morgan fingerprint density at radius 1 is 0.608 bits per heavy atom. The van der Waals surface area contributed by atoms with Gasteiger partial charge in [0.05, 0.1) is 13.1 Å². The van der Waals surface area contributed by atoms with E-state index in [0.29, 0.717) is 11.5 Å². The summed E-state index contributed by atoms with van der Waals surface area (Å²) < 4.78 is 15.4. The number of fused-ring (bicyclic) bond motifs is 3. The predicted molar refractivity (Wildman–Crippen MR) is 248 cm³/mol. The molecule has 0 saturated carbocycles. The van der Waals surface area contributed by atoms with E-state index in [1.807, 2.05) is 48.5 Å². The smallest absolute Gasteiger partial charge is 0.432 e. The molecule has 27 nitrogen and oxygen atoms in total. The van der Waals surface area contributed by atoms with Gasteiger partial charge in [-0.3, -0.25) is 48.1 Å². The summed E-state index contributed by atoms with van der Waals surface area (Å²) in [5.74, 6) is -5.62. The third-order valence-corrected chi connectivity index (χ3v) is 11.0. The van der Waals surface area contributed by atoms with Crippen LogP contribution in [0.15, 0.2) is 60.7 Å². The maximum absolute atomic E-state index is 13.5. The van der Waals surface area contributed by atoms with Gasteiger partial charge >= 0.3 is 24.4 Å². The molecule has 2 heterocycles. The van der Waals surface area contributed by atoms with Crippen molar-refractivity contribution in [2.75, 3.05) is 59.2 Å². The average molecular weight is 1150 g/mol. The van der Waals surface area contributed by atoms with E-state index in [9.17, 15) is 57.5 Å². The Balaban J connectivity index is 0.0000119. The molecule has 400 valence electrons. The van der Waals surface area contributed by atoms with Gasteiger partial charge in [-0.2, -0.15) is 5.48 Å². The van der Waals surface area contributed by atoms with Gasteiger partial charge in [0.15, 0.2) is 6.61 Å². The first-order valence-electron chi connectivity index (χ1n) is 23.2. The number of imide groups is 2. The monoisotopic (exact) mass is 1150 g/mol. The lowest BCUT2D eigenvalue weighted by molar-refractivity contribution is -0.171. The molecule has 1 fully saturated rings. The summed E-state index contributed by atoms with van der Waals surface area (Å²) in [6.07, 6.45) is -0.993. The Morgan fingerprint density at radius 2 is 1.15 bits per heavy atom. The van der Waals surface area contributed by atoms with Crippen molar-refractivity contribution in [3.05, 3.63) is 71.8 Å². The summed E-state index contributed by atoms with van der Waals surface area (Å²) in [4.78, 5) is 157. The topological polar surface area (TPSA) is 368 Å². The number of amides is 12. The Bertz CT molecular complexity index is 2360. The molecule has 0 bridgehead atoms. The van der Waals surface area contributed by atoms with Gasteiger partial charge in [-0.1, -0.05) is 48.5 Å². The number of hydroxylamine groups is 3. The molecule has 2 aromatic carbocycles. The van der Waals surface area contributed by atoms with Gasteiger partial charge in [-0.25, -0.2) is 19.2 Å². The molecule has 5 rings (SSSR count). The van der Waals surface area contributed by atoms with Gasteiger partial charge in [0.1, 0.15) is 38.4 Å². The highest BCUT2D eigenvalue weighted by molar-refractivity contribution is 6.14. The van der Waals surface area contributed by atoms with Crippen LogP contribution < -0.4 is 67.1 Å². The van der Waals surface area contributed by atoms with Crippen LogP contribution in [-0.2, 0) is 62.2 Å². The number of halogens is 1. The Hall–Kier alpha value is -7.89. The zero-order valence-electron chi connectivity index (χ0n) is 39.8. The van der Waals surface area contributed by atoms with E-state index < -0.39 is 103 Å². The Kier molecular flexibility index (Phi) is 24.0. The second kappa shape index (κ2) is 30.2. The van der Waals surface area contributed by atoms with Crippen LogP contribution >= 0.6 is 0 Å². The van der Waals surface area contributed by atoms with Gasteiger partial charge < -0.3 is 80.7 Å². The van der Waals surface area contributed by atoms with Crippen molar-refractivity contribution in [3.8, 4) is 11.1 Å². The normalized spacial score (nSPS) is 14.1. The number of nitrogens with two attached hydrogens (primary N) is 1. The predicted octanol–water partition coefficient (Wildman–Crippen LogP) is -3.46. The average Bonchev–Trinajstić information content (AvgIpc) is 3.98. The minimum Gasteiger partial charge on any atom is -1.00 e. The summed E-state index contributed by atoms with van der Waals surface area (Å²) in [5.41, 5.74) is 11.8. The maximum atomic E-state index is 13.5. The largest absolute Gasteiger partial charge is 1.00 e. The van der Waals surface area contributed by atoms with Crippen molar-refractivity contribution in [2.45, 2.75) is 69.4 Å². The number of ether oxygens (including phenoxy) is 3. The van der Waals surface area contributed by atoms with Crippen LogP contribution in [0.25, 0.3) is 11.1 Å². The van der Waals surface area contributed by atoms with Crippen molar-refractivity contribution in [1.82, 2.24) is 47.3 Å². The molecular formula is C46H56IN10O17-. The molecule has 0 aromatic heterocycles. The van der Waals surface area contributed by atoms with Crippen molar-refractivity contribution < 1.29 is 105 Å². The van der Waals surface area contributed by atoms with Gasteiger partial charge in [0.25, 0.3) is 23.6 Å². The van der Waals surface area contributed by atoms with E-state index in [1.165, 1.54) is 0 Å². The van der Waals surface area contributed by atoms with Crippen molar-refractivity contribution in [3.63, 3.8) is 0 Å². The fraction of sp³-hybridized carbons (Fsp3) is 0.435. The number of hydrogen-bond acceptors (Lipinski definition) is 17.